The van der Waals surface area contributed by atoms with Crippen LogP contribution in [0.15, 0.2) is 18.2 Å². The van der Waals surface area contributed by atoms with Crippen LogP contribution in [-0.4, -0.2) is 52.8 Å². The van der Waals surface area contributed by atoms with E-state index in [0.717, 1.165) is 60.9 Å². The Kier molecular flexibility index (Phi) is 5.93. The van der Waals surface area contributed by atoms with E-state index in [1.54, 1.807) is 0 Å². The Morgan fingerprint density at radius 1 is 0.966 bits per heavy atom. The topological polar surface area (TPSA) is 56.4 Å². The summed E-state index contributed by atoms with van der Waals surface area (Å²) >= 11 is 0. The fraction of sp³-hybridized carbons (Fsp3) is 0.583. The molecule has 156 valence electrons. The third-order valence-electron chi connectivity index (χ3n) is 6.72. The number of aromatic amines is 1. The number of H-pyrrole nitrogens is 1. The zero-order chi connectivity index (χ0) is 20.4. The van der Waals surface area contributed by atoms with Crippen LogP contribution in [0.4, 0.5) is 0 Å². The van der Waals surface area contributed by atoms with Crippen LogP contribution in [-0.2, 0) is 16.0 Å². The highest BCUT2D eigenvalue weighted by atomic mass is 16.2. The van der Waals surface area contributed by atoms with E-state index in [2.05, 4.69) is 35.0 Å². The third-order valence-corrected chi connectivity index (χ3v) is 6.72. The molecule has 2 amide bonds. The van der Waals surface area contributed by atoms with Crippen molar-refractivity contribution in [1.29, 1.82) is 0 Å². The van der Waals surface area contributed by atoms with Gasteiger partial charge in [0.15, 0.2) is 0 Å². The van der Waals surface area contributed by atoms with Crippen LogP contribution in [0.3, 0.4) is 0 Å². The molecule has 0 atom stereocenters. The van der Waals surface area contributed by atoms with E-state index in [-0.39, 0.29) is 11.8 Å². The van der Waals surface area contributed by atoms with Crippen molar-refractivity contribution in [3.63, 3.8) is 0 Å². The first kappa shape index (κ1) is 20.0. The van der Waals surface area contributed by atoms with E-state index in [4.69, 9.17) is 0 Å². The molecule has 0 saturated carbocycles. The first-order valence-corrected chi connectivity index (χ1v) is 11.2. The molecule has 5 nitrogen and oxygen atoms in total. The highest BCUT2D eigenvalue weighted by Gasteiger charge is 2.30. The largest absolute Gasteiger partial charge is 0.358 e. The van der Waals surface area contributed by atoms with Crippen molar-refractivity contribution < 1.29 is 9.59 Å². The van der Waals surface area contributed by atoms with Gasteiger partial charge in [0.1, 0.15) is 0 Å². The van der Waals surface area contributed by atoms with Gasteiger partial charge in [-0.25, -0.2) is 0 Å². The first-order chi connectivity index (χ1) is 14.0. The SMILES string of the molecule is Cc1ccc2[nH]c(C)c(CC(=O)N3CCC(C(=O)N4CCCCCC4)CC3)c2c1. The number of nitrogens with one attached hydrogen (secondary N) is 1. The van der Waals surface area contributed by atoms with E-state index in [0.29, 0.717) is 25.4 Å². The van der Waals surface area contributed by atoms with Gasteiger partial charge < -0.3 is 14.8 Å². The quantitative estimate of drug-likeness (QED) is 0.855. The normalized spacial score (nSPS) is 18.8. The number of carbonyl (C=O) groups is 2. The number of amides is 2. The van der Waals surface area contributed by atoms with Crippen molar-refractivity contribution in [3.8, 4) is 0 Å². The fourth-order valence-electron chi connectivity index (χ4n) is 4.91. The minimum atomic E-state index is 0.0922. The summed E-state index contributed by atoms with van der Waals surface area (Å²) in [6.45, 7) is 7.35. The van der Waals surface area contributed by atoms with Gasteiger partial charge in [-0.1, -0.05) is 24.5 Å². The Hall–Kier alpha value is -2.30. The van der Waals surface area contributed by atoms with Crippen molar-refractivity contribution in [2.24, 2.45) is 5.92 Å². The lowest BCUT2D eigenvalue weighted by atomic mass is 9.94. The lowest BCUT2D eigenvalue weighted by Crippen LogP contribution is -2.45. The number of aromatic nitrogens is 1. The van der Waals surface area contributed by atoms with Gasteiger partial charge in [0.05, 0.1) is 6.42 Å². The molecular formula is C24H33N3O2. The summed E-state index contributed by atoms with van der Waals surface area (Å²) in [4.78, 5) is 33.3. The van der Waals surface area contributed by atoms with Gasteiger partial charge in [-0.05, 0) is 57.2 Å². The summed E-state index contributed by atoms with van der Waals surface area (Å²) in [7, 11) is 0. The molecule has 0 radical (unpaired) electrons. The second-order valence-corrected chi connectivity index (χ2v) is 8.85. The van der Waals surface area contributed by atoms with Gasteiger partial charge >= 0.3 is 0 Å². The van der Waals surface area contributed by atoms with Crippen molar-refractivity contribution in [1.82, 2.24) is 14.8 Å². The Bertz CT molecular complexity index is 885. The second-order valence-electron chi connectivity index (χ2n) is 8.85. The van der Waals surface area contributed by atoms with Crippen LogP contribution in [0, 0.1) is 19.8 Å². The third kappa shape index (κ3) is 4.34. The Labute approximate surface area is 173 Å². The number of hydrogen-bond donors (Lipinski definition) is 1. The average Bonchev–Trinajstić information content (AvgIpc) is 2.91. The molecule has 4 rings (SSSR count). The Balaban J connectivity index is 1.36. The van der Waals surface area contributed by atoms with Gasteiger partial charge in [-0.3, -0.25) is 9.59 Å². The lowest BCUT2D eigenvalue weighted by molar-refractivity contribution is -0.140. The molecule has 1 aromatic heterocycles. The maximum atomic E-state index is 13.0. The number of likely N-dealkylation sites (tertiary alicyclic amines) is 2. The number of benzene rings is 1. The van der Waals surface area contributed by atoms with Gasteiger partial charge in [0, 0.05) is 48.7 Å². The van der Waals surface area contributed by atoms with Crippen molar-refractivity contribution >= 4 is 22.7 Å². The van der Waals surface area contributed by atoms with Gasteiger partial charge in [-0.2, -0.15) is 0 Å². The predicted molar refractivity (Wildman–Crippen MR) is 116 cm³/mol. The van der Waals surface area contributed by atoms with Gasteiger partial charge in [0.2, 0.25) is 11.8 Å². The molecule has 2 aliphatic heterocycles. The summed E-state index contributed by atoms with van der Waals surface area (Å²) in [5, 5.41) is 1.15. The van der Waals surface area contributed by atoms with Crippen LogP contribution >= 0.6 is 0 Å². The molecule has 0 aliphatic carbocycles. The van der Waals surface area contributed by atoms with E-state index in [9.17, 15) is 9.59 Å². The van der Waals surface area contributed by atoms with Crippen LogP contribution in [0.25, 0.3) is 10.9 Å². The molecule has 0 unspecified atom stereocenters. The molecule has 0 bridgehead atoms. The van der Waals surface area contributed by atoms with E-state index < -0.39 is 0 Å². The number of hydrogen-bond acceptors (Lipinski definition) is 2. The van der Waals surface area contributed by atoms with Crippen LogP contribution in [0.5, 0.6) is 0 Å². The van der Waals surface area contributed by atoms with Crippen LogP contribution in [0.1, 0.15) is 55.3 Å². The van der Waals surface area contributed by atoms with Gasteiger partial charge in [0.25, 0.3) is 0 Å². The van der Waals surface area contributed by atoms with E-state index >= 15 is 0 Å². The molecule has 2 fully saturated rings. The lowest BCUT2D eigenvalue weighted by Gasteiger charge is -2.34. The fourth-order valence-corrected chi connectivity index (χ4v) is 4.91. The molecular weight excluding hydrogens is 362 g/mol. The number of rotatable bonds is 3. The zero-order valence-corrected chi connectivity index (χ0v) is 17.8. The molecule has 2 saturated heterocycles. The molecule has 2 aliphatic rings. The van der Waals surface area contributed by atoms with Gasteiger partial charge in [-0.15, -0.1) is 0 Å². The highest BCUT2D eigenvalue weighted by molar-refractivity contribution is 5.90. The summed E-state index contributed by atoms with van der Waals surface area (Å²) < 4.78 is 0. The predicted octanol–water partition coefficient (Wildman–Crippen LogP) is 3.97. The number of nitrogens with zero attached hydrogens (tertiary/aromatic N) is 2. The molecule has 2 aromatic rings. The smallest absolute Gasteiger partial charge is 0.227 e. The van der Waals surface area contributed by atoms with Crippen LogP contribution in [0.2, 0.25) is 0 Å². The minimum absolute atomic E-state index is 0.0922. The molecule has 3 heterocycles. The first-order valence-electron chi connectivity index (χ1n) is 11.2. The molecule has 0 spiro atoms. The molecule has 29 heavy (non-hydrogen) atoms. The van der Waals surface area contributed by atoms with Crippen LogP contribution < -0.4 is 0 Å². The van der Waals surface area contributed by atoms with Crippen molar-refractivity contribution in [3.05, 3.63) is 35.0 Å². The average molecular weight is 396 g/mol. The number of aryl methyl sites for hydroxylation is 2. The second kappa shape index (κ2) is 8.60. The molecule has 5 heteroatoms. The summed E-state index contributed by atoms with van der Waals surface area (Å²) in [5.41, 5.74) is 4.48. The highest BCUT2D eigenvalue weighted by Crippen LogP contribution is 2.26. The molecule has 1 N–H and O–H groups in total. The van der Waals surface area contributed by atoms with E-state index in [1.165, 1.54) is 18.4 Å². The summed E-state index contributed by atoms with van der Waals surface area (Å²) in [5.74, 6) is 0.591. The number of fused-ring (bicyclic) bond motifs is 1. The Morgan fingerprint density at radius 3 is 2.34 bits per heavy atom. The number of piperidine rings is 1. The summed E-state index contributed by atoms with van der Waals surface area (Å²) in [6.07, 6.45) is 6.77. The minimum Gasteiger partial charge on any atom is -0.358 e. The van der Waals surface area contributed by atoms with Crippen molar-refractivity contribution in [2.45, 2.75) is 58.8 Å². The Morgan fingerprint density at radius 2 is 1.66 bits per heavy atom. The molecule has 1 aromatic carbocycles. The number of carbonyl (C=O) groups excluding carboxylic acids is 2. The van der Waals surface area contributed by atoms with Crippen molar-refractivity contribution in [2.75, 3.05) is 26.2 Å². The zero-order valence-electron chi connectivity index (χ0n) is 17.8. The standard InChI is InChI=1S/C24H33N3O2/c1-17-7-8-22-21(15-17)20(18(2)25-22)16-23(28)26-13-9-19(10-14-26)24(29)27-11-5-3-4-6-12-27/h7-8,15,19,25H,3-6,9-14,16H2,1-2H3. The monoisotopic (exact) mass is 395 g/mol. The maximum absolute atomic E-state index is 13.0. The van der Waals surface area contributed by atoms with E-state index in [1.807, 2.05) is 11.8 Å². The summed E-state index contributed by atoms with van der Waals surface area (Å²) in [6, 6.07) is 6.34. The maximum Gasteiger partial charge on any atom is 0.227 e.